The summed E-state index contributed by atoms with van der Waals surface area (Å²) in [5.74, 6) is -5.23. The van der Waals surface area contributed by atoms with Gasteiger partial charge < -0.3 is 57.4 Å². The number of H-pyrrole nitrogens is 2. The molecule has 0 fully saturated rings. The lowest BCUT2D eigenvalue weighted by molar-refractivity contribution is -0.143. The monoisotopic (exact) mass is 651 g/mol. The van der Waals surface area contributed by atoms with Gasteiger partial charge in [0.15, 0.2) is 0 Å². The van der Waals surface area contributed by atoms with Crippen molar-refractivity contribution >= 4 is 51.4 Å². The number of aromatic amines is 2. The molecule has 0 unspecified atom stereocenters. The van der Waals surface area contributed by atoms with Crippen LogP contribution in [-0.2, 0) is 36.8 Å². The van der Waals surface area contributed by atoms with Gasteiger partial charge in [-0.2, -0.15) is 0 Å². The third kappa shape index (κ3) is 8.50. The van der Waals surface area contributed by atoms with Crippen molar-refractivity contribution in [1.29, 1.82) is 0 Å². The van der Waals surface area contributed by atoms with Crippen molar-refractivity contribution in [2.75, 3.05) is 19.8 Å². The number of aliphatic carboxylic acids is 1. The molecule has 2 aromatic carbocycles. The van der Waals surface area contributed by atoms with E-state index in [-0.39, 0.29) is 12.8 Å². The van der Waals surface area contributed by atoms with Crippen LogP contribution >= 0.6 is 0 Å². The van der Waals surface area contributed by atoms with Gasteiger partial charge in [-0.1, -0.05) is 36.4 Å². The Kier molecular flexibility index (Phi) is 11.6. The summed E-state index contributed by atoms with van der Waals surface area (Å²) in [6.45, 7) is -2.70. The summed E-state index contributed by atoms with van der Waals surface area (Å²) < 4.78 is 0. The molecule has 0 bridgehead atoms. The lowest BCUT2D eigenvalue weighted by atomic mass is 10.0. The van der Waals surface area contributed by atoms with Crippen LogP contribution in [0.3, 0.4) is 0 Å². The Hall–Kier alpha value is -5.29. The Morgan fingerprint density at radius 2 is 1.00 bits per heavy atom. The fourth-order valence-electron chi connectivity index (χ4n) is 5.03. The number of benzene rings is 2. The van der Waals surface area contributed by atoms with Crippen LogP contribution in [0.2, 0.25) is 0 Å². The second-order valence-corrected chi connectivity index (χ2v) is 10.9. The summed E-state index contributed by atoms with van der Waals surface area (Å²) in [5.41, 5.74) is 9.03. The molecule has 16 nitrogen and oxygen atoms in total. The Morgan fingerprint density at radius 3 is 1.49 bits per heavy atom. The van der Waals surface area contributed by atoms with Gasteiger partial charge in [0.2, 0.25) is 23.6 Å². The number of aromatic nitrogens is 2. The minimum Gasteiger partial charge on any atom is -0.480 e. The Labute approximate surface area is 267 Å². The predicted molar refractivity (Wildman–Crippen MR) is 169 cm³/mol. The molecule has 2 heterocycles. The SMILES string of the molecule is N[C@@H](Cc1c[nH]c2ccccc12)C(=O)N[C@@H](CO)C(=O)N[C@@H](CO)C(=O)N[C@@H](Cc1c[nH]c2ccccc12)C(=O)N[C@@H](CO)C(=O)O. The molecular formula is C31H37N7O9. The number of carboxylic acids is 1. The highest BCUT2D eigenvalue weighted by Gasteiger charge is 2.32. The van der Waals surface area contributed by atoms with Gasteiger partial charge in [-0.15, -0.1) is 0 Å². The van der Waals surface area contributed by atoms with Gasteiger partial charge in [0.05, 0.1) is 25.9 Å². The maximum atomic E-state index is 13.2. The minimum atomic E-state index is -1.66. The van der Waals surface area contributed by atoms with E-state index in [2.05, 4.69) is 31.2 Å². The van der Waals surface area contributed by atoms with Crippen LogP contribution in [-0.4, -0.2) is 110 Å². The summed E-state index contributed by atoms with van der Waals surface area (Å²) in [7, 11) is 0. The highest BCUT2D eigenvalue weighted by atomic mass is 16.4. The van der Waals surface area contributed by atoms with E-state index in [1.807, 2.05) is 24.3 Å². The molecule has 12 N–H and O–H groups in total. The van der Waals surface area contributed by atoms with E-state index < -0.39 is 79.6 Å². The second kappa shape index (κ2) is 15.8. The third-order valence-electron chi connectivity index (χ3n) is 7.61. The summed E-state index contributed by atoms with van der Waals surface area (Å²) in [6.07, 6.45) is 3.32. The molecule has 2 aromatic heterocycles. The van der Waals surface area contributed by atoms with Crippen molar-refractivity contribution in [3.8, 4) is 0 Å². The highest BCUT2D eigenvalue weighted by molar-refractivity contribution is 5.96. The molecule has 250 valence electrons. The number of amides is 4. The number of para-hydroxylation sites is 2. The molecule has 47 heavy (non-hydrogen) atoms. The van der Waals surface area contributed by atoms with Crippen LogP contribution in [0.25, 0.3) is 21.8 Å². The maximum absolute atomic E-state index is 13.2. The first-order chi connectivity index (χ1) is 22.6. The Morgan fingerprint density at radius 1 is 0.596 bits per heavy atom. The number of hydrogen-bond acceptors (Lipinski definition) is 9. The van der Waals surface area contributed by atoms with Gasteiger partial charge in [-0.05, 0) is 29.7 Å². The highest BCUT2D eigenvalue weighted by Crippen LogP contribution is 2.20. The van der Waals surface area contributed by atoms with Crippen LogP contribution in [0.15, 0.2) is 60.9 Å². The molecule has 0 saturated carbocycles. The fraction of sp³-hybridized carbons (Fsp3) is 0.323. The molecular weight excluding hydrogens is 614 g/mol. The Bertz CT molecular complexity index is 1740. The molecule has 0 aliphatic heterocycles. The van der Waals surface area contributed by atoms with Crippen LogP contribution in [0.4, 0.5) is 0 Å². The number of aliphatic hydroxyl groups is 3. The second-order valence-electron chi connectivity index (χ2n) is 10.9. The first kappa shape index (κ1) is 34.6. The largest absolute Gasteiger partial charge is 0.480 e. The number of hydrogen-bond donors (Lipinski definition) is 11. The Balaban J connectivity index is 1.42. The topological polar surface area (TPSA) is 272 Å². The minimum absolute atomic E-state index is 0.121. The molecule has 0 aliphatic rings. The predicted octanol–water partition coefficient (Wildman–Crippen LogP) is -2.24. The van der Waals surface area contributed by atoms with E-state index in [0.29, 0.717) is 5.56 Å². The van der Waals surface area contributed by atoms with Crippen molar-refractivity contribution in [3.05, 3.63) is 72.1 Å². The molecule has 5 atom stereocenters. The molecule has 4 amide bonds. The number of nitrogens with one attached hydrogen (secondary N) is 6. The smallest absolute Gasteiger partial charge is 0.328 e. The van der Waals surface area contributed by atoms with E-state index >= 15 is 0 Å². The summed E-state index contributed by atoms with van der Waals surface area (Å²) in [5, 5.41) is 49.2. The van der Waals surface area contributed by atoms with E-state index in [9.17, 15) is 44.4 Å². The van der Waals surface area contributed by atoms with Gasteiger partial charge in [0, 0.05) is 40.6 Å². The number of nitrogens with two attached hydrogens (primary N) is 1. The molecule has 16 heteroatoms. The van der Waals surface area contributed by atoms with Gasteiger partial charge >= 0.3 is 5.97 Å². The molecule has 0 saturated heterocycles. The average molecular weight is 652 g/mol. The summed E-state index contributed by atoms with van der Waals surface area (Å²) >= 11 is 0. The molecule has 4 rings (SSSR count). The van der Waals surface area contributed by atoms with Gasteiger partial charge in [0.25, 0.3) is 0 Å². The molecule has 4 aromatic rings. The zero-order valence-corrected chi connectivity index (χ0v) is 25.1. The van der Waals surface area contributed by atoms with E-state index in [1.165, 1.54) is 0 Å². The van der Waals surface area contributed by atoms with Crippen molar-refractivity contribution in [1.82, 2.24) is 31.2 Å². The number of carbonyl (C=O) groups is 5. The van der Waals surface area contributed by atoms with E-state index in [4.69, 9.17) is 5.73 Å². The van der Waals surface area contributed by atoms with Crippen LogP contribution in [0.1, 0.15) is 11.1 Å². The quantitative estimate of drug-likeness (QED) is 0.0620. The van der Waals surface area contributed by atoms with Crippen molar-refractivity contribution < 1.29 is 44.4 Å². The maximum Gasteiger partial charge on any atom is 0.328 e. The van der Waals surface area contributed by atoms with E-state index in [1.54, 1.807) is 36.7 Å². The van der Waals surface area contributed by atoms with Gasteiger partial charge in [0.1, 0.15) is 24.2 Å². The van der Waals surface area contributed by atoms with Crippen molar-refractivity contribution in [2.24, 2.45) is 5.73 Å². The first-order valence-electron chi connectivity index (χ1n) is 14.7. The third-order valence-corrected chi connectivity index (χ3v) is 7.61. The van der Waals surface area contributed by atoms with Crippen LogP contribution in [0.5, 0.6) is 0 Å². The zero-order chi connectivity index (χ0) is 34.1. The van der Waals surface area contributed by atoms with Crippen molar-refractivity contribution in [2.45, 2.75) is 43.1 Å². The lowest BCUT2D eigenvalue weighted by Gasteiger charge is -2.25. The first-order valence-corrected chi connectivity index (χ1v) is 14.7. The molecule has 0 radical (unpaired) electrons. The number of carbonyl (C=O) groups excluding carboxylic acids is 4. The summed E-state index contributed by atoms with van der Waals surface area (Å²) in [4.78, 5) is 69.7. The normalized spacial score (nSPS) is 14.5. The molecule has 0 aliphatic carbocycles. The lowest BCUT2D eigenvalue weighted by Crippen LogP contribution is -2.60. The number of carboxylic acid groups (broad SMARTS) is 1. The summed E-state index contributed by atoms with van der Waals surface area (Å²) in [6, 6.07) is 7.21. The van der Waals surface area contributed by atoms with Crippen LogP contribution < -0.4 is 27.0 Å². The van der Waals surface area contributed by atoms with Gasteiger partial charge in [-0.25, -0.2) is 4.79 Å². The van der Waals surface area contributed by atoms with E-state index in [0.717, 1.165) is 27.4 Å². The number of aliphatic hydroxyl groups excluding tert-OH is 3. The standard InChI is InChI=1S/C31H37N7O9/c32-20(9-16-11-33-21-7-3-1-5-18(16)21)27(42)36-24(13-39)30(45)37-25(14-40)29(44)35-23(28(43)38-26(15-41)31(46)47)10-17-12-34-22-8-4-2-6-19(17)22/h1-8,11-12,20,23-26,33-34,39-41H,9-10,13-15,32H2,(H,35,44)(H,36,42)(H,37,45)(H,38,43)(H,46,47)/t20-,23-,24-,25-,26-/m0/s1. The zero-order valence-electron chi connectivity index (χ0n) is 25.1. The van der Waals surface area contributed by atoms with Crippen LogP contribution in [0, 0.1) is 0 Å². The molecule has 0 spiro atoms. The number of fused-ring (bicyclic) bond motifs is 2. The number of rotatable bonds is 16. The average Bonchev–Trinajstić information content (AvgIpc) is 3.67. The van der Waals surface area contributed by atoms with Crippen molar-refractivity contribution in [3.63, 3.8) is 0 Å². The fourth-order valence-corrected chi connectivity index (χ4v) is 5.03. The van der Waals surface area contributed by atoms with Gasteiger partial charge in [-0.3, -0.25) is 19.2 Å².